The van der Waals surface area contributed by atoms with Gasteiger partial charge in [0.05, 0.1) is 12.2 Å². The number of hydrogen-bond acceptors (Lipinski definition) is 2. The van der Waals surface area contributed by atoms with E-state index in [0.29, 0.717) is 0 Å². The van der Waals surface area contributed by atoms with Crippen LogP contribution >= 0.6 is 0 Å². The number of benzene rings is 1. The summed E-state index contributed by atoms with van der Waals surface area (Å²) in [6.45, 7) is 6.04. The summed E-state index contributed by atoms with van der Waals surface area (Å²) in [6, 6.07) is 5.02. The Labute approximate surface area is 101 Å². The van der Waals surface area contributed by atoms with Crippen molar-refractivity contribution in [3.05, 3.63) is 29.6 Å². The van der Waals surface area contributed by atoms with Gasteiger partial charge in [0.1, 0.15) is 5.82 Å². The molecule has 94 valence electrons. The largest absolute Gasteiger partial charge is 0.322 e. The Morgan fingerprint density at radius 3 is 2.76 bits per heavy atom. The normalized spacial score (nSPS) is 12.2. The van der Waals surface area contributed by atoms with Crippen molar-refractivity contribution < 1.29 is 9.18 Å². The van der Waals surface area contributed by atoms with Gasteiger partial charge in [-0.05, 0) is 38.0 Å². The van der Waals surface area contributed by atoms with Crippen LogP contribution in [-0.2, 0) is 4.79 Å². The molecule has 17 heavy (non-hydrogen) atoms. The van der Waals surface area contributed by atoms with E-state index < -0.39 is 5.82 Å². The highest BCUT2D eigenvalue weighted by molar-refractivity contribution is 5.92. The van der Waals surface area contributed by atoms with Gasteiger partial charge in [-0.25, -0.2) is 4.39 Å². The third kappa shape index (κ3) is 4.53. The van der Waals surface area contributed by atoms with Crippen molar-refractivity contribution in [3.8, 4) is 0 Å². The minimum atomic E-state index is -0.401. The smallest absolute Gasteiger partial charge is 0.238 e. The van der Waals surface area contributed by atoms with E-state index in [0.717, 1.165) is 12.0 Å². The first kappa shape index (κ1) is 13.6. The predicted octanol–water partition coefficient (Wildman–Crippen LogP) is 2.46. The Morgan fingerprint density at radius 2 is 2.18 bits per heavy atom. The average Bonchev–Trinajstić information content (AvgIpc) is 2.29. The zero-order valence-electron chi connectivity index (χ0n) is 10.5. The minimum absolute atomic E-state index is 0.197. The average molecular weight is 238 g/mol. The van der Waals surface area contributed by atoms with Crippen LogP contribution in [0.2, 0.25) is 0 Å². The molecule has 0 bridgehead atoms. The van der Waals surface area contributed by atoms with Crippen LogP contribution in [0.15, 0.2) is 18.2 Å². The van der Waals surface area contributed by atoms with E-state index in [1.807, 2.05) is 13.8 Å². The van der Waals surface area contributed by atoms with Gasteiger partial charge in [0.2, 0.25) is 5.91 Å². The molecule has 0 aliphatic carbocycles. The van der Waals surface area contributed by atoms with Crippen LogP contribution < -0.4 is 10.6 Å². The number of halogens is 1. The lowest BCUT2D eigenvalue weighted by Gasteiger charge is -2.11. The molecule has 0 radical (unpaired) electrons. The Bertz CT molecular complexity index is 393. The first-order valence-electron chi connectivity index (χ1n) is 5.82. The summed E-state index contributed by atoms with van der Waals surface area (Å²) < 4.78 is 13.4. The topological polar surface area (TPSA) is 41.1 Å². The van der Waals surface area contributed by atoms with Crippen molar-refractivity contribution in [1.29, 1.82) is 0 Å². The molecule has 1 unspecified atom stereocenters. The summed E-state index contributed by atoms with van der Waals surface area (Å²) in [7, 11) is 0. The molecule has 1 rings (SSSR count). The van der Waals surface area contributed by atoms with E-state index in [4.69, 9.17) is 0 Å². The van der Waals surface area contributed by atoms with Crippen molar-refractivity contribution >= 4 is 11.6 Å². The summed E-state index contributed by atoms with van der Waals surface area (Å²) in [5.74, 6) is -0.630. The molecule has 3 nitrogen and oxygen atoms in total. The number of aryl methyl sites for hydroxylation is 1. The second-order valence-electron chi connectivity index (χ2n) is 4.22. The fourth-order valence-corrected chi connectivity index (χ4v) is 1.33. The molecule has 0 saturated heterocycles. The van der Waals surface area contributed by atoms with Gasteiger partial charge in [-0.2, -0.15) is 0 Å². The fourth-order valence-electron chi connectivity index (χ4n) is 1.33. The Morgan fingerprint density at radius 1 is 1.47 bits per heavy atom. The lowest BCUT2D eigenvalue weighted by molar-refractivity contribution is -0.115. The molecule has 1 atom stereocenters. The van der Waals surface area contributed by atoms with Crippen LogP contribution in [0.25, 0.3) is 0 Å². The van der Waals surface area contributed by atoms with Crippen LogP contribution in [0.1, 0.15) is 25.8 Å². The van der Waals surface area contributed by atoms with Crippen molar-refractivity contribution in [2.45, 2.75) is 33.2 Å². The monoisotopic (exact) mass is 238 g/mol. The highest BCUT2D eigenvalue weighted by atomic mass is 19.1. The van der Waals surface area contributed by atoms with Gasteiger partial charge in [0.25, 0.3) is 0 Å². The van der Waals surface area contributed by atoms with Gasteiger partial charge in [-0.15, -0.1) is 0 Å². The van der Waals surface area contributed by atoms with Crippen molar-refractivity contribution in [1.82, 2.24) is 5.32 Å². The first-order chi connectivity index (χ1) is 8.02. The molecule has 4 heteroatoms. The lowest BCUT2D eigenvalue weighted by atomic mass is 10.2. The summed E-state index contributed by atoms with van der Waals surface area (Å²) in [4.78, 5) is 11.5. The van der Waals surface area contributed by atoms with E-state index in [1.54, 1.807) is 19.1 Å². The number of anilines is 1. The summed E-state index contributed by atoms with van der Waals surface area (Å²) in [6.07, 6.45) is 0.951. The molecule has 0 heterocycles. The minimum Gasteiger partial charge on any atom is -0.322 e. The molecule has 1 aromatic rings. The molecule has 2 N–H and O–H groups in total. The Balaban J connectivity index is 2.50. The van der Waals surface area contributed by atoms with E-state index >= 15 is 0 Å². The van der Waals surface area contributed by atoms with Gasteiger partial charge < -0.3 is 10.6 Å². The van der Waals surface area contributed by atoms with Gasteiger partial charge in [-0.1, -0.05) is 13.0 Å². The van der Waals surface area contributed by atoms with E-state index in [2.05, 4.69) is 10.6 Å². The zero-order valence-corrected chi connectivity index (χ0v) is 10.5. The Kier molecular flexibility index (Phi) is 5.10. The standard InChI is InChI=1S/C13H19FN2O/c1-4-10(3)15-8-13(17)16-12-6-5-9(2)7-11(12)14/h5-7,10,15H,4,8H2,1-3H3,(H,16,17). The van der Waals surface area contributed by atoms with Gasteiger partial charge in [0.15, 0.2) is 0 Å². The number of rotatable bonds is 5. The Hall–Kier alpha value is -1.42. The molecule has 1 amide bonds. The molecular formula is C13H19FN2O. The fraction of sp³-hybridized carbons (Fsp3) is 0.462. The molecule has 1 aromatic carbocycles. The summed E-state index contributed by atoms with van der Waals surface area (Å²) in [5, 5.41) is 5.59. The molecular weight excluding hydrogens is 219 g/mol. The number of carbonyl (C=O) groups is 1. The van der Waals surface area contributed by atoms with E-state index in [1.165, 1.54) is 6.07 Å². The maximum absolute atomic E-state index is 13.4. The maximum Gasteiger partial charge on any atom is 0.238 e. The second kappa shape index (κ2) is 6.35. The third-order valence-corrected chi connectivity index (χ3v) is 2.62. The van der Waals surface area contributed by atoms with Gasteiger partial charge in [-0.3, -0.25) is 4.79 Å². The second-order valence-corrected chi connectivity index (χ2v) is 4.22. The number of hydrogen-bond donors (Lipinski definition) is 2. The number of carbonyl (C=O) groups excluding carboxylic acids is 1. The molecule has 0 aliphatic rings. The molecule has 0 aromatic heterocycles. The third-order valence-electron chi connectivity index (χ3n) is 2.62. The lowest BCUT2D eigenvalue weighted by Crippen LogP contribution is -2.34. The van der Waals surface area contributed by atoms with Crippen molar-refractivity contribution in [2.75, 3.05) is 11.9 Å². The first-order valence-corrected chi connectivity index (χ1v) is 5.82. The van der Waals surface area contributed by atoms with Crippen LogP contribution in [-0.4, -0.2) is 18.5 Å². The number of nitrogens with one attached hydrogen (secondary N) is 2. The van der Waals surface area contributed by atoms with Crippen LogP contribution in [0.5, 0.6) is 0 Å². The predicted molar refractivity (Wildman–Crippen MR) is 67.5 cm³/mol. The van der Waals surface area contributed by atoms with Gasteiger partial charge in [0, 0.05) is 6.04 Å². The summed E-state index contributed by atoms with van der Waals surface area (Å²) in [5.41, 5.74) is 1.06. The van der Waals surface area contributed by atoms with Crippen LogP contribution in [0.3, 0.4) is 0 Å². The number of amides is 1. The SMILES string of the molecule is CCC(C)NCC(=O)Nc1ccc(C)cc1F. The molecule has 0 fully saturated rings. The van der Waals surface area contributed by atoms with E-state index in [-0.39, 0.29) is 24.2 Å². The molecule has 0 aliphatic heterocycles. The maximum atomic E-state index is 13.4. The van der Waals surface area contributed by atoms with Crippen molar-refractivity contribution in [3.63, 3.8) is 0 Å². The zero-order chi connectivity index (χ0) is 12.8. The highest BCUT2D eigenvalue weighted by Gasteiger charge is 2.07. The van der Waals surface area contributed by atoms with Gasteiger partial charge >= 0.3 is 0 Å². The molecule has 0 spiro atoms. The van der Waals surface area contributed by atoms with E-state index in [9.17, 15) is 9.18 Å². The van der Waals surface area contributed by atoms with Crippen molar-refractivity contribution in [2.24, 2.45) is 0 Å². The highest BCUT2D eigenvalue weighted by Crippen LogP contribution is 2.14. The summed E-state index contributed by atoms with van der Waals surface area (Å²) >= 11 is 0. The quantitative estimate of drug-likeness (QED) is 0.827. The van der Waals surface area contributed by atoms with Crippen LogP contribution in [0.4, 0.5) is 10.1 Å². The van der Waals surface area contributed by atoms with Crippen LogP contribution in [0, 0.1) is 12.7 Å². The molecule has 0 saturated carbocycles.